The molecule has 0 saturated heterocycles. The highest BCUT2D eigenvalue weighted by Gasteiger charge is 2.24. The van der Waals surface area contributed by atoms with E-state index in [-0.39, 0.29) is 11.6 Å². The van der Waals surface area contributed by atoms with Gasteiger partial charge in [-0.15, -0.1) is 23.1 Å². The molecule has 10 nitrogen and oxygen atoms in total. The summed E-state index contributed by atoms with van der Waals surface area (Å²) in [5.41, 5.74) is 4.01. The van der Waals surface area contributed by atoms with Crippen molar-refractivity contribution in [1.82, 2.24) is 10.3 Å². The average Bonchev–Trinajstić information content (AvgIpc) is 3.59. The molecule has 55 heavy (non-hydrogen) atoms. The molecule has 278 valence electrons. The van der Waals surface area contributed by atoms with Crippen molar-refractivity contribution < 1.29 is 28.6 Å². The third-order valence-corrected chi connectivity index (χ3v) is 10.5. The Morgan fingerprint density at radius 2 is 1.35 bits per heavy atom. The Labute approximate surface area is 327 Å². The van der Waals surface area contributed by atoms with E-state index in [1.807, 2.05) is 79.7 Å². The number of aryl methyl sites for hydroxylation is 1. The Balaban J connectivity index is 1.22. The Morgan fingerprint density at radius 3 is 1.95 bits per heavy atom. The van der Waals surface area contributed by atoms with Crippen LogP contribution in [-0.4, -0.2) is 44.0 Å². The van der Waals surface area contributed by atoms with Crippen molar-refractivity contribution in [1.29, 1.82) is 0 Å². The lowest BCUT2D eigenvalue weighted by Gasteiger charge is -2.17. The highest BCUT2D eigenvalue weighted by atomic mass is 32.2. The van der Waals surface area contributed by atoms with Crippen LogP contribution in [0.15, 0.2) is 138 Å². The lowest BCUT2D eigenvalue weighted by Crippen LogP contribution is -2.30. The molecule has 6 rings (SSSR count). The number of thiazole rings is 1. The number of nitrogens with zero attached hydrogens (tertiary/aromatic N) is 1. The molecule has 0 saturated carbocycles. The fraction of sp³-hybridized carbons (Fsp3) is 0.116. The second-order valence-electron chi connectivity index (χ2n) is 12.0. The largest absolute Gasteiger partial charge is 0.493 e. The van der Waals surface area contributed by atoms with Crippen molar-refractivity contribution in [2.75, 3.05) is 32.0 Å². The van der Waals surface area contributed by atoms with Crippen molar-refractivity contribution >= 4 is 57.7 Å². The summed E-state index contributed by atoms with van der Waals surface area (Å²) in [6.45, 7) is 1.99. The summed E-state index contributed by atoms with van der Waals surface area (Å²) < 4.78 is 16.4. The van der Waals surface area contributed by atoms with Crippen LogP contribution < -0.4 is 30.2 Å². The number of anilines is 2. The van der Waals surface area contributed by atoms with Crippen LogP contribution in [0.2, 0.25) is 0 Å². The van der Waals surface area contributed by atoms with Crippen LogP contribution in [0.3, 0.4) is 0 Å². The number of hydrogen-bond donors (Lipinski definition) is 3. The van der Waals surface area contributed by atoms with E-state index in [1.54, 1.807) is 54.6 Å². The van der Waals surface area contributed by atoms with Crippen LogP contribution >= 0.6 is 23.1 Å². The number of methoxy groups -OCH3 is 3. The Morgan fingerprint density at radius 1 is 0.745 bits per heavy atom. The quantitative estimate of drug-likeness (QED) is 0.0740. The van der Waals surface area contributed by atoms with Gasteiger partial charge in [-0.3, -0.25) is 14.4 Å². The van der Waals surface area contributed by atoms with E-state index in [0.717, 1.165) is 26.6 Å². The topological polar surface area (TPSA) is 128 Å². The maximum atomic E-state index is 13.8. The minimum absolute atomic E-state index is 0.0183. The number of benzene rings is 5. The van der Waals surface area contributed by atoms with Crippen molar-refractivity contribution in [2.24, 2.45) is 0 Å². The molecule has 0 spiro atoms. The normalized spacial score (nSPS) is 11.6. The van der Waals surface area contributed by atoms with Gasteiger partial charge < -0.3 is 30.2 Å². The first-order chi connectivity index (χ1) is 26.8. The summed E-state index contributed by atoms with van der Waals surface area (Å²) in [6, 6.07) is 38.5. The third kappa shape index (κ3) is 9.60. The Hall–Kier alpha value is -6.37. The maximum Gasteiger partial charge on any atom is 0.272 e. The molecule has 5 aromatic carbocycles. The summed E-state index contributed by atoms with van der Waals surface area (Å²) in [5.74, 6) is -0.0724. The molecule has 0 aliphatic rings. The number of rotatable bonds is 14. The number of amides is 3. The molecule has 0 bridgehead atoms. The smallest absolute Gasteiger partial charge is 0.272 e. The monoisotopic (exact) mass is 770 g/mol. The third-order valence-electron chi connectivity index (χ3n) is 8.31. The minimum atomic E-state index is -0.591. The molecule has 1 heterocycles. The first-order valence-electron chi connectivity index (χ1n) is 17.1. The van der Waals surface area contributed by atoms with Crippen LogP contribution in [-0.2, 0) is 9.59 Å². The summed E-state index contributed by atoms with van der Waals surface area (Å²) in [6.07, 6.45) is 1.53. The molecule has 0 aliphatic heterocycles. The molecule has 0 radical (unpaired) electrons. The van der Waals surface area contributed by atoms with Gasteiger partial charge >= 0.3 is 0 Å². The molecule has 1 aromatic heterocycles. The van der Waals surface area contributed by atoms with Crippen molar-refractivity contribution in [2.45, 2.75) is 17.1 Å². The molecule has 0 aliphatic carbocycles. The molecular weight excluding hydrogens is 733 g/mol. The van der Waals surface area contributed by atoms with Gasteiger partial charge in [-0.05, 0) is 72.7 Å². The van der Waals surface area contributed by atoms with Gasteiger partial charge in [0.1, 0.15) is 10.9 Å². The van der Waals surface area contributed by atoms with E-state index in [0.29, 0.717) is 39.2 Å². The number of thioether (sulfide) groups is 1. The van der Waals surface area contributed by atoms with E-state index in [9.17, 15) is 14.4 Å². The first kappa shape index (κ1) is 38.4. The van der Waals surface area contributed by atoms with E-state index >= 15 is 0 Å². The van der Waals surface area contributed by atoms with E-state index in [1.165, 1.54) is 50.5 Å². The zero-order chi connectivity index (χ0) is 38.7. The molecule has 3 amide bonds. The van der Waals surface area contributed by atoms with Gasteiger partial charge in [0.05, 0.1) is 27.0 Å². The number of nitrogens with one attached hydrogen (secondary N) is 3. The van der Waals surface area contributed by atoms with Gasteiger partial charge in [0, 0.05) is 26.6 Å². The van der Waals surface area contributed by atoms with Crippen molar-refractivity contribution in [3.63, 3.8) is 0 Å². The Bertz CT molecular complexity index is 2270. The van der Waals surface area contributed by atoms with Gasteiger partial charge in [0.25, 0.3) is 11.8 Å². The zero-order valence-electron chi connectivity index (χ0n) is 30.5. The van der Waals surface area contributed by atoms with Crippen molar-refractivity contribution in [3.8, 4) is 28.5 Å². The Kier molecular flexibility index (Phi) is 12.6. The van der Waals surface area contributed by atoms with Crippen LogP contribution in [0.5, 0.6) is 17.2 Å². The number of carbonyl (C=O) groups is 3. The van der Waals surface area contributed by atoms with Gasteiger partial charge in [0.2, 0.25) is 11.7 Å². The van der Waals surface area contributed by atoms with Crippen LogP contribution in [0.25, 0.3) is 17.3 Å². The van der Waals surface area contributed by atoms with Gasteiger partial charge in [-0.1, -0.05) is 78.9 Å². The van der Waals surface area contributed by atoms with Gasteiger partial charge in [-0.25, -0.2) is 4.98 Å². The highest BCUT2D eigenvalue weighted by molar-refractivity contribution is 8.00. The number of aromatic nitrogens is 1. The minimum Gasteiger partial charge on any atom is -0.493 e. The molecule has 6 aromatic rings. The zero-order valence-corrected chi connectivity index (χ0v) is 32.1. The summed E-state index contributed by atoms with van der Waals surface area (Å²) in [4.78, 5) is 47.4. The molecule has 3 N–H and O–H groups in total. The van der Waals surface area contributed by atoms with Crippen LogP contribution in [0, 0.1) is 6.92 Å². The summed E-state index contributed by atoms with van der Waals surface area (Å²) >= 11 is 2.81. The van der Waals surface area contributed by atoms with E-state index in [2.05, 4.69) is 16.0 Å². The standard InChI is InChI=1S/C43H38N4O6S2/c1-27-37(29-14-8-5-9-15-29)46-43(54-27)47-42(50)39(30-16-10-6-11-17-30)55-33-22-20-32(21-23-33)44-41(49)34(45-40(48)31-18-12-7-13-19-31)24-28-25-35(51-2)38(53-4)36(26-28)52-3/h5-26,39H,1-4H3,(H,44,49)(H,45,48)(H,46,47,50)/b34-24-. The lowest BCUT2D eigenvalue weighted by atomic mass is 10.1. The summed E-state index contributed by atoms with van der Waals surface area (Å²) in [5, 5.41) is 8.61. The molecular formula is C43H38N4O6S2. The number of ether oxygens (including phenoxy) is 3. The molecule has 1 unspecified atom stereocenters. The SMILES string of the molecule is COc1cc(/C=C(\NC(=O)c2ccccc2)C(=O)Nc2ccc(SC(C(=O)Nc3nc(-c4ccccc4)c(C)s3)c3ccccc3)cc2)cc(OC)c1OC. The van der Waals surface area contributed by atoms with Gasteiger partial charge in [-0.2, -0.15) is 0 Å². The average molecular weight is 771 g/mol. The van der Waals surface area contributed by atoms with Crippen LogP contribution in [0.4, 0.5) is 10.8 Å². The van der Waals surface area contributed by atoms with Crippen LogP contribution in [0.1, 0.15) is 31.6 Å². The molecule has 0 fully saturated rings. The number of hydrogen-bond acceptors (Lipinski definition) is 9. The second-order valence-corrected chi connectivity index (χ2v) is 14.4. The van der Waals surface area contributed by atoms with Crippen molar-refractivity contribution in [3.05, 3.63) is 155 Å². The predicted molar refractivity (Wildman–Crippen MR) is 219 cm³/mol. The molecule has 1 atom stereocenters. The van der Waals surface area contributed by atoms with E-state index in [4.69, 9.17) is 19.2 Å². The number of carbonyl (C=O) groups excluding carboxylic acids is 3. The van der Waals surface area contributed by atoms with E-state index < -0.39 is 17.1 Å². The van der Waals surface area contributed by atoms with Gasteiger partial charge in [0.15, 0.2) is 16.6 Å². The summed E-state index contributed by atoms with van der Waals surface area (Å²) in [7, 11) is 4.49. The maximum absolute atomic E-state index is 13.8. The lowest BCUT2D eigenvalue weighted by molar-refractivity contribution is -0.116. The molecule has 12 heteroatoms. The highest BCUT2D eigenvalue weighted by Crippen LogP contribution is 2.40. The first-order valence-corrected chi connectivity index (χ1v) is 18.8. The second kappa shape index (κ2) is 18.1. The fourth-order valence-electron chi connectivity index (χ4n) is 5.63. The predicted octanol–water partition coefficient (Wildman–Crippen LogP) is 9.03. The fourth-order valence-corrected chi connectivity index (χ4v) is 7.49.